The largest absolute Gasteiger partial charge is 0.258 e. The molecule has 5 heteroatoms. The van der Waals surface area contributed by atoms with Crippen LogP contribution in [0.25, 0.3) is 0 Å². The van der Waals surface area contributed by atoms with Gasteiger partial charge in [0.2, 0.25) is 0 Å². The Hall–Kier alpha value is 1.26. The Morgan fingerprint density at radius 3 is 1.19 bits per heavy atom. The SMILES string of the molecule is CCCCP(=S)(NP(=S)(CCCC)C(C)(C)C)C(C)(C)C. The van der Waals surface area contributed by atoms with E-state index in [4.69, 9.17) is 23.6 Å². The quantitative estimate of drug-likeness (QED) is 0.486. The molecule has 0 heterocycles. The molecule has 0 bridgehead atoms. The Kier molecular flexibility index (Phi) is 8.89. The van der Waals surface area contributed by atoms with E-state index in [9.17, 15) is 0 Å². The first-order valence-electron chi connectivity index (χ1n) is 8.31. The third-order valence-corrected chi connectivity index (χ3v) is 18.8. The van der Waals surface area contributed by atoms with E-state index in [1.165, 1.54) is 25.7 Å². The highest BCUT2D eigenvalue weighted by Crippen LogP contribution is 2.67. The first-order chi connectivity index (χ1) is 9.33. The minimum Gasteiger partial charge on any atom is -0.258 e. The first-order valence-corrected chi connectivity index (χ1v) is 14.3. The summed E-state index contributed by atoms with van der Waals surface area (Å²) in [7, 11) is 0. The number of rotatable bonds is 8. The van der Waals surface area contributed by atoms with E-state index >= 15 is 0 Å². The molecule has 0 aliphatic rings. The molecule has 0 rings (SSSR count). The Morgan fingerprint density at radius 1 is 0.714 bits per heavy atom. The number of unbranched alkanes of at least 4 members (excludes halogenated alkanes) is 2. The molecule has 21 heavy (non-hydrogen) atoms. The van der Waals surface area contributed by atoms with Crippen molar-refractivity contribution in [2.75, 3.05) is 12.3 Å². The molecule has 2 atom stereocenters. The molecule has 0 aromatic rings. The summed E-state index contributed by atoms with van der Waals surface area (Å²) in [6.07, 6.45) is 3.84. The molecule has 0 amide bonds. The number of nitrogens with one attached hydrogen (secondary N) is 1. The maximum Gasteiger partial charge on any atom is 0.0215 e. The van der Waals surface area contributed by atoms with E-state index in [1.807, 2.05) is 0 Å². The van der Waals surface area contributed by atoms with Crippen LogP contribution in [0, 0.1) is 0 Å². The topological polar surface area (TPSA) is 12.0 Å². The minimum absolute atomic E-state index is 0.152. The lowest BCUT2D eigenvalue weighted by atomic mass is 10.3. The zero-order chi connectivity index (χ0) is 16.9. The van der Waals surface area contributed by atoms with E-state index in [0.29, 0.717) is 0 Å². The van der Waals surface area contributed by atoms with E-state index in [0.717, 1.165) is 12.3 Å². The van der Waals surface area contributed by atoms with Crippen molar-refractivity contribution in [3.63, 3.8) is 0 Å². The summed E-state index contributed by atoms with van der Waals surface area (Å²) in [6, 6.07) is 0. The summed E-state index contributed by atoms with van der Waals surface area (Å²) in [5, 5.41) is 0.304. The van der Waals surface area contributed by atoms with Gasteiger partial charge in [-0.05, 0) is 25.2 Å². The molecule has 0 spiro atoms. The van der Waals surface area contributed by atoms with E-state index in [2.05, 4.69) is 60.2 Å². The molecule has 0 saturated heterocycles. The van der Waals surface area contributed by atoms with Crippen LogP contribution in [0.15, 0.2) is 0 Å². The van der Waals surface area contributed by atoms with Crippen LogP contribution in [-0.2, 0) is 23.6 Å². The number of hydrogen-bond acceptors (Lipinski definition) is 2. The summed E-state index contributed by atoms with van der Waals surface area (Å²) in [5.74, 6) is 0. The zero-order valence-corrected chi connectivity index (χ0v) is 18.9. The summed E-state index contributed by atoms with van der Waals surface area (Å²) in [4.78, 5) is 4.01. The fourth-order valence-corrected chi connectivity index (χ4v) is 14.0. The maximum atomic E-state index is 6.23. The van der Waals surface area contributed by atoms with Gasteiger partial charge in [0.25, 0.3) is 0 Å². The molecule has 0 fully saturated rings. The second kappa shape index (κ2) is 8.39. The predicted molar refractivity (Wildman–Crippen MR) is 111 cm³/mol. The van der Waals surface area contributed by atoms with Gasteiger partial charge in [0.05, 0.1) is 0 Å². The summed E-state index contributed by atoms with van der Waals surface area (Å²) < 4.78 is 0. The Morgan fingerprint density at radius 2 is 1.00 bits per heavy atom. The molecule has 0 aromatic carbocycles. The normalized spacial score (nSPS) is 19.0. The molecule has 1 N–H and O–H groups in total. The summed E-state index contributed by atoms with van der Waals surface area (Å²) >= 11 is 12.5. The van der Waals surface area contributed by atoms with Gasteiger partial charge in [-0.2, -0.15) is 0 Å². The highest BCUT2D eigenvalue weighted by atomic mass is 32.5. The van der Waals surface area contributed by atoms with Crippen molar-refractivity contribution in [3.8, 4) is 0 Å². The predicted octanol–water partition coefficient (Wildman–Crippen LogP) is 6.56. The van der Waals surface area contributed by atoms with Gasteiger partial charge in [-0.25, -0.2) is 0 Å². The monoisotopic (exact) mass is 369 g/mol. The van der Waals surface area contributed by atoms with Gasteiger partial charge in [-0.3, -0.25) is 4.86 Å². The van der Waals surface area contributed by atoms with Gasteiger partial charge < -0.3 is 0 Å². The van der Waals surface area contributed by atoms with Crippen LogP contribution in [0.2, 0.25) is 0 Å². The molecule has 2 unspecified atom stereocenters. The average Bonchev–Trinajstić information content (AvgIpc) is 2.31. The minimum atomic E-state index is -1.65. The van der Waals surface area contributed by atoms with Crippen LogP contribution in [0.5, 0.6) is 0 Å². The van der Waals surface area contributed by atoms with E-state index in [-0.39, 0.29) is 10.3 Å². The molecule has 128 valence electrons. The van der Waals surface area contributed by atoms with Crippen molar-refractivity contribution in [3.05, 3.63) is 0 Å². The lowest BCUT2D eigenvalue weighted by molar-refractivity contribution is 0.747. The lowest BCUT2D eigenvalue weighted by Gasteiger charge is -2.45. The molecular weight excluding hydrogens is 332 g/mol. The van der Waals surface area contributed by atoms with Crippen molar-refractivity contribution in [1.29, 1.82) is 0 Å². The van der Waals surface area contributed by atoms with Crippen LogP contribution in [0.1, 0.15) is 81.1 Å². The van der Waals surface area contributed by atoms with Crippen molar-refractivity contribution < 1.29 is 0 Å². The van der Waals surface area contributed by atoms with Gasteiger partial charge in [0.1, 0.15) is 0 Å². The molecule has 0 saturated carbocycles. The molecule has 0 radical (unpaired) electrons. The Bertz CT molecular complexity index is 367. The third-order valence-electron chi connectivity index (χ3n) is 4.14. The van der Waals surface area contributed by atoms with Crippen molar-refractivity contribution in [2.45, 2.75) is 91.4 Å². The third kappa shape index (κ3) is 6.34. The Balaban J connectivity index is 5.53. The second-order valence-corrected chi connectivity index (χ2v) is 19.2. The zero-order valence-electron chi connectivity index (χ0n) is 15.5. The summed E-state index contributed by atoms with van der Waals surface area (Å²) in [6.45, 7) is 18.3. The maximum absolute atomic E-state index is 6.23. The van der Waals surface area contributed by atoms with Crippen LogP contribution in [0.4, 0.5) is 0 Å². The fourth-order valence-electron chi connectivity index (χ4n) is 2.09. The van der Waals surface area contributed by atoms with Gasteiger partial charge in [0.15, 0.2) is 0 Å². The average molecular weight is 370 g/mol. The second-order valence-electron chi connectivity index (χ2n) is 8.08. The van der Waals surface area contributed by atoms with Crippen LogP contribution >= 0.6 is 12.4 Å². The smallest absolute Gasteiger partial charge is 0.0215 e. The van der Waals surface area contributed by atoms with Gasteiger partial charge in [-0.1, -0.05) is 91.8 Å². The number of hydrogen-bond donors (Lipinski definition) is 1. The lowest BCUT2D eigenvalue weighted by Crippen LogP contribution is -2.32. The van der Waals surface area contributed by atoms with Crippen LogP contribution < -0.4 is 4.86 Å². The van der Waals surface area contributed by atoms with Gasteiger partial charge in [0, 0.05) is 22.7 Å². The molecule has 0 aliphatic carbocycles. The fraction of sp³-hybridized carbons (Fsp3) is 1.00. The highest BCUT2D eigenvalue weighted by Gasteiger charge is 2.39. The van der Waals surface area contributed by atoms with Crippen molar-refractivity contribution in [1.82, 2.24) is 4.86 Å². The van der Waals surface area contributed by atoms with Gasteiger partial charge >= 0.3 is 0 Å². The molecular formula is C16H37NP2S2. The standard InChI is InChI=1S/C16H37NP2S2/c1-9-11-13-18(20,15(3,4)5)17-19(21,14-12-10-2)16(6,7)8/h9-14H2,1-8H3,(H,17,20,21). The highest BCUT2D eigenvalue weighted by molar-refractivity contribution is 8.23. The molecule has 1 nitrogen and oxygen atoms in total. The Labute approximate surface area is 144 Å². The van der Waals surface area contributed by atoms with Crippen LogP contribution in [-0.4, -0.2) is 22.6 Å². The summed E-state index contributed by atoms with van der Waals surface area (Å²) in [5.41, 5.74) is 0. The van der Waals surface area contributed by atoms with Crippen molar-refractivity contribution in [2.24, 2.45) is 0 Å². The molecule has 0 aliphatic heterocycles. The van der Waals surface area contributed by atoms with Crippen molar-refractivity contribution >= 4 is 36.0 Å². The first kappa shape index (κ1) is 22.3. The van der Waals surface area contributed by atoms with Crippen LogP contribution in [0.3, 0.4) is 0 Å². The molecule has 0 aromatic heterocycles. The van der Waals surface area contributed by atoms with Gasteiger partial charge in [-0.15, -0.1) is 0 Å². The van der Waals surface area contributed by atoms with E-state index < -0.39 is 12.4 Å². The van der Waals surface area contributed by atoms with E-state index in [1.54, 1.807) is 0 Å².